The Morgan fingerprint density at radius 2 is 2.21 bits per heavy atom. The maximum absolute atomic E-state index is 10.8. The van der Waals surface area contributed by atoms with E-state index >= 15 is 0 Å². The summed E-state index contributed by atoms with van der Waals surface area (Å²) in [5.74, 6) is 0.386. The standard InChI is InChI=1S/C13H19NO4S/c1-2-3-8-18-9-11(15)10-19-13-7-5-4-6-12(13)14(16)17/h4-7,11,15H,2-3,8-10H2,1H3. The number of rotatable bonds is 9. The zero-order valence-electron chi connectivity index (χ0n) is 10.9. The SMILES string of the molecule is CCCCOCC(O)CSc1ccccc1[N+](=O)[O-]. The van der Waals surface area contributed by atoms with E-state index in [-0.39, 0.29) is 12.3 Å². The Kier molecular flexibility index (Phi) is 7.47. The van der Waals surface area contributed by atoms with Crippen LogP contribution in [0.5, 0.6) is 0 Å². The third kappa shape index (κ3) is 6.04. The Morgan fingerprint density at radius 3 is 2.89 bits per heavy atom. The van der Waals surface area contributed by atoms with Gasteiger partial charge in [0.1, 0.15) is 0 Å². The van der Waals surface area contributed by atoms with Crippen LogP contribution in [-0.4, -0.2) is 35.1 Å². The number of benzene rings is 1. The first-order valence-electron chi connectivity index (χ1n) is 6.27. The molecular formula is C13H19NO4S. The van der Waals surface area contributed by atoms with E-state index in [1.807, 2.05) is 0 Å². The zero-order chi connectivity index (χ0) is 14.1. The van der Waals surface area contributed by atoms with Gasteiger partial charge in [-0.3, -0.25) is 10.1 Å². The monoisotopic (exact) mass is 285 g/mol. The number of thioether (sulfide) groups is 1. The number of nitro benzene ring substituents is 1. The fourth-order valence-electron chi connectivity index (χ4n) is 1.43. The molecule has 0 spiro atoms. The molecule has 19 heavy (non-hydrogen) atoms. The molecule has 1 aromatic rings. The first kappa shape index (κ1) is 15.9. The van der Waals surface area contributed by atoms with Crippen LogP contribution in [0.3, 0.4) is 0 Å². The summed E-state index contributed by atoms with van der Waals surface area (Å²) in [6, 6.07) is 6.53. The molecule has 0 aliphatic carbocycles. The summed E-state index contributed by atoms with van der Waals surface area (Å²) in [4.78, 5) is 11.0. The van der Waals surface area contributed by atoms with Crippen molar-refractivity contribution in [1.29, 1.82) is 0 Å². The van der Waals surface area contributed by atoms with Crippen molar-refractivity contribution in [2.45, 2.75) is 30.8 Å². The van der Waals surface area contributed by atoms with Crippen molar-refractivity contribution < 1.29 is 14.8 Å². The van der Waals surface area contributed by atoms with Crippen LogP contribution in [0.25, 0.3) is 0 Å². The lowest BCUT2D eigenvalue weighted by Gasteiger charge is -2.10. The molecular weight excluding hydrogens is 266 g/mol. The van der Waals surface area contributed by atoms with Gasteiger partial charge in [-0.25, -0.2) is 0 Å². The second kappa shape index (κ2) is 8.90. The smallest absolute Gasteiger partial charge is 0.282 e. The lowest BCUT2D eigenvalue weighted by Crippen LogP contribution is -2.18. The molecule has 5 nitrogen and oxygen atoms in total. The highest BCUT2D eigenvalue weighted by Gasteiger charge is 2.14. The highest BCUT2D eigenvalue weighted by molar-refractivity contribution is 7.99. The maximum Gasteiger partial charge on any atom is 0.282 e. The summed E-state index contributed by atoms with van der Waals surface area (Å²) < 4.78 is 5.30. The number of nitrogens with zero attached hydrogens (tertiary/aromatic N) is 1. The molecule has 0 fully saturated rings. The van der Waals surface area contributed by atoms with Gasteiger partial charge >= 0.3 is 0 Å². The molecule has 0 radical (unpaired) electrons. The lowest BCUT2D eigenvalue weighted by molar-refractivity contribution is -0.387. The van der Waals surface area contributed by atoms with Gasteiger partial charge in [0.05, 0.1) is 22.5 Å². The second-order valence-electron chi connectivity index (χ2n) is 4.12. The van der Waals surface area contributed by atoms with Crippen molar-refractivity contribution in [1.82, 2.24) is 0 Å². The van der Waals surface area contributed by atoms with Crippen molar-refractivity contribution in [3.8, 4) is 0 Å². The molecule has 0 aliphatic rings. The number of aliphatic hydroxyl groups excluding tert-OH is 1. The van der Waals surface area contributed by atoms with Crippen LogP contribution in [0.15, 0.2) is 29.2 Å². The molecule has 0 heterocycles. The zero-order valence-corrected chi connectivity index (χ0v) is 11.8. The van der Waals surface area contributed by atoms with Gasteiger partial charge in [0.2, 0.25) is 0 Å². The normalized spacial score (nSPS) is 12.3. The topological polar surface area (TPSA) is 72.6 Å². The van der Waals surface area contributed by atoms with Crippen LogP contribution in [0.1, 0.15) is 19.8 Å². The Morgan fingerprint density at radius 1 is 1.47 bits per heavy atom. The molecule has 1 aromatic carbocycles. The van der Waals surface area contributed by atoms with Crippen molar-refractivity contribution >= 4 is 17.4 Å². The molecule has 1 unspecified atom stereocenters. The molecule has 6 heteroatoms. The Hall–Kier alpha value is -1.11. The van der Waals surface area contributed by atoms with E-state index in [9.17, 15) is 15.2 Å². The van der Waals surface area contributed by atoms with E-state index in [2.05, 4.69) is 6.92 Å². The summed E-state index contributed by atoms with van der Waals surface area (Å²) in [6.07, 6.45) is 1.42. The van der Waals surface area contributed by atoms with Gasteiger partial charge in [0.15, 0.2) is 0 Å². The van der Waals surface area contributed by atoms with Gasteiger partial charge in [0, 0.05) is 18.4 Å². The fraction of sp³-hybridized carbons (Fsp3) is 0.538. The molecule has 0 aliphatic heterocycles. The van der Waals surface area contributed by atoms with Crippen molar-refractivity contribution in [3.05, 3.63) is 34.4 Å². The van der Waals surface area contributed by atoms with E-state index in [0.717, 1.165) is 12.8 Å². The average molecular weight is 285 g/mol. The Labute approximate surface area is 117 Å². The number of ether oxygens (including phenoxy) is 1. The van der Waals surface area contributed by atoms with Crippen molar-refractivity contribution in [2.24, 2.45) is 0 Å². The summed E-state index contributed by atoms with van der Waals surface area (Å²) in [6.45, 7) is 2.99. The van der Waals surface area contributed by atoms with Crippen LogP contribution in [-0.2, 0) is 4.74 Å². The largest absolute Gasteiger partial charge is 0.390 e. The molecule has 0 aromatic heterocycles. The lowest BCUT2D eigenvalue weighted by atomic mass is 10.3. The minimum Gasteiger partial charge on any atom is -0.390 e. The molecule has 1 rings (SSSR count). The molecule has 0 amide bonds. The highest BCUT2D eigenvalue weighted by atomic mass is 32.2. The number of aliphatic hydroxyl groups is 1. The molecule has 0 saturated carbocycles. The predicted octanol–water partition coefficient (Wildman–Crippen LogP) is 2.86. The number of nitro groups is 1. The van der Waals surface area contributed by atoms with Crippen molar-refractivity contribution in [3.63, 3.8) is 0 Å². The molecule has 0 bridgehead atoms. The van der Waals surface area contributed by atoms with E-state index < -0.39 is 11.0 Å². The quantitative estimate of drug-likeness (QED) is 0.327. The molecule has 106 valence electrons. The average Bonchev–Trinajstić information content (AvgIpc) is 2.41. The van der Waals surface area contributed by atoms with Crippen LogP contribution >= 0.6 is 11.8 Å². The van der Waals surface area contributed by atoms with Crippen LogP contribution in [0.4, 0.5) is 5.69 Å². The highest BCUT2D eigenvalue weighted by Crippen LogP contribution is 2.28. The Balaban J connectivity index is 2.37. The summed E-state index contributed by atoms with van der Waals surface area (Å²) in [5.41, 5.74) is 0.0756. The number of unbranched alkanes of at least 4 members (excludes halogenated alkanes) is 1. The molecule has 0 saturated heterocycles. The van der Waals surface area contributed by atoms with Gasteiger partial charge in [0.25, 0.3) is 5.69 Å². The van der Waals surface area contributed by atoms with E-state index in [1.54, 1.807) is 18.2 Å². The number of hydrogen-bond acceptors (Lipinski definition) is 5. The second-order valence-corrected chi connectivity index (χ2v) is 5.18. The maximum atomic E-state index is 10.8. The fourth-order valence-corrected chi connectivity index (χ4v) is 2.36. The number of para-hydroxylation sites is 1. The summed E-state index contributed by atoms with van der Waals surface area (Å²) >= 11 is 1.28. The van der Waals surface area contributed by atoms with Crippen LogP contribution in [0.2, 0.25) is 0 Å². The molecule has 1 N–H and O–H groups in total. The minimum atomic E-state index is -0.610. The first-order chi connectivity index (χ1) is 9.15. The van der Waals surface area contributed by atoms with E-state index in [1.165, 1.54) is 17.8 Å². The van der Waals surface area contributed by atoms with E-state index in [4.69, 9.17) is 4.74 Å². The summed E-state index contributed by atoms with van der Waals surface area (Å²) in [7, 11) is 0. The third-order valence-corrected chi connectivity index (χ3v) is 3.65. The first-order valence-corrected chi connectivity index (χ1v) is 7.25. The van der Waals surface area contributed by atoms with Gasteiger partial charge in [-0.2, -0.15) is 0 Å². The van der Waals surface area contributed by atoms with Crippen molar-refractivity contribution in [2.75, 3.05) is 19.0 Å². The summed E-state index contributed by atoms with van der Waals surface area (Å²) in [5, 5.41) is 20.5. The van der Waals surface area contributed by atoms with E-state index in [0.29, 0.717) is 17.3 Å². The number of hydrogen-bond donors (Lipinski definition) is 1. The van der Waals surface area contributed by atoms with Gasteiger partial charge < -0.3 is 9.84 Å². The van der Waals surface area contributed by atoms with Crippen LogP contribution in [0, 0.1) is 10.1 Å². The van der Waals surface area contributed by atoms with Gasteiger partial charge in [-0.05, 0) is 12.5 Å². The Bertz CT molecular complexity index is 400. The molecule has 1 atom stereocenters. The van der Waals surface area contributed by atoms with Gasteiger partial charge in [-0.15, -0.1) is 11.8 Å². The third-order valence-electron chi connectivity index (χ3n) is 2.45. The van der Waals surface area contributed by atoms with Gasteiger partial charge in [-0.1, -0.05) is 25.5 Å². The predicted molar refractivity (Wildman–Crippen MR) is 75.6 cm³/mol. The van der Waals surface area contributed by atoms with Crippen LogP contribution < -0.4 is 0 Å². The minimum absolute atomic E-state index is 0.0756.